The zero-order valence-corrected chi connectivity index (χ0v) is 6.91. The molecule has 0 spiro atoms. The number of hydrogen-bond acceptors (Lipinski definition) is 7. The Kier molecular flexibility index (Phi) is 1.93. The summed E-state index contributed by atoms with van der Waals surface area (Å²) in [6.45, 7) is 0. The van der Waals surface area contributed by atoms with Gasteiger partial charge in [-0.2, -0.15) is 0 Å². The van der Waals surface area contributed by atoms with Gasteiger partial charge in [0.2, 0.25) is 0 Å². The number of nitrogens with two attached hydrogens (primary N) is 5. The Morgan fingerprint density at radius 2 is 1.60 bits per heavy atom. The lowest BCUT2D eigenvalue weighted by Gasteiger charge is -2.33. The summed E-state index contributed by atoms with van der Waals surface area (Å²) in [7, 11) is 2.52. The van der Waals surface area contributed by atoms with Crippen LogP contribution in [0, 0.1) is 0 Å². The molecule has 1 fully saturated rings. The summed E-state index contributed by atoms with van der Waals surface area (Å²) in [5.74, 6) is 0. The van der Waals surface area contributed by atoms with Gasteiger partial charge in [0.1, 0.15) is 5.66 Å². The number of hydrogen-bond donors (Lipinski definition) is 5. The topological polar surface area (TPSA) is 130 Å². The summed E-state index contributed by atoms with van der Waals surface area (Å²) in [6.07, 6.45) is 0. The van der Waals surface area contributed by atoms with Crippen molar-refractivity contribution >= 4 is 21.6 Å². The molecule has 1 atom stereocenters. The van der Waals surface area contributed by atoms with E-state index >= 15 is 0 Å². The van der Waals surface area contributed by atoms with Gasteiger partial charge in [0.25, 0.3) is 0 Å². The molecule has 5 nitrogen and oxygen atoms in total. The van der Waals surface area contributed by atoms with Crippen molar-refractivity contribution in [3.8, 4) is 0 Å². The molecule has 1 aliphatic rings. The lowest BCUT2D eigenvalue weighted by atomic mass is 10.1. The Bertz CT molecular complexity index is 146. The van der Waals surface area contributed by atoms with Gasteiger partial charge in [0, 0.05) is 0 Å². The van der Waals surface area contributed by atoms with Crippen LogP contribution < -0.4 is 28.7 Å². The molecule has 1 heterocycles. The predicted octanol–water partition coefficient (Wildman–Crippen LogP) is -2.15. The minimum absolute atomic E-state index is 0.410. The van der Waals surface area contributed by atoms with Gasteiger partial charge in [-0.1, -0.05) is 21.6 Å². The Labute approximate surface area is 66.8 Å². The van der Waals surface area contributed by atoms with Crippen molar-refractivity contribution in [3.63, 3.8) is 0 Å². The van der Waals surface area contributed by atoms with Gasteiger partial charge in [-0.05, 0) is 0 Å². The smallest absolute Gasteiger partial charge is 0.156 e. The Morgan fingerprint density at radius 3 is 1.70 bits per heavy atom. The van der Waals surface area contributed by atoms with Crippen molar-refractivity contribution in [1.82, 2.24) is 0 Å². The minimum Gasteiger partial charge on any atom is -0.316 e. The van der Waals surface area contributed by atoms with Crippen LogP contribution in [-0.4, -0.2) is 16.0 Å². The molecular weight excluding hydrogens is 170 g/mol. The zero-order valence-electron chi connectivity index (χ0n) is 5.28. The normalized spacial score (nSPS) is 36.3. The second kappa shape index (κ2) is 2.24. The largest absolute Gasteiger partial charge is 0.316 e. The Morgan fingerprint density at radius 1 is 1.10 bits per heavy atom. The molecule has 0 aromatic rings. The maximum Gasteiger partial charge on any atom is 0.156 e. The highest BCUT2D eigenvalue weighted by Gasteiger charge is 2.52. The highest BCUT2D eigenvalue weighted by molar-refractivity contribution is 8.77. The van der Waals surface area contributed by atoms with E-state index in [0.717, 1.165) is 0 Å². The van der Waals surface area contributed by atoms with Crippen molar-refractivity contribution in [2.75, 3.05) is 0 Å². The van der Waals surface area contributed by atoms with Crippen LogP contribution in [0.15, 0.2) is 0 Å². The summed E-state index contributed by atoms with van der Waals surface area (Å²) in [6, 6.07) is 0. The van der Waals surface area contributed by atoms with Crippen LogP contribution in [0.1, 0.15) is 0 Å². The fraction of sp³-hybridized carbons (Fsp3) is 1.00. The standard InChI is InChI=1S/C3H11N5S2/c4-1-2(5,6)3(7,8)10-9-1/h1H,4-8H2. The molecular formula is C3H11N5S2. The second-order valence-corrected chi connectivity index (χ2v) is 4.95. The molecule has 0 amide bonds. The van der Waals surface area contributed by atoms with Gasteiger partial charge in [-0.3, -0.25) is 0 Å². The summed E-state index contributed by atoms with van der Waals surface area (Å²) in [4.78, 5) is -1.13. The van der Waals surface area contributed by atoms with Crippen molar-refractivity contribution in [1.29, 1.82) is 0 Å². The van der Waals surface area contributed by atoms with Gasteiger partial charge < -0.3 is 28.7 Å². The van der Waals surface area contributed by atoms with E-state index in [1.165, 1.54) is 21.6 Å². The maximum absolute atomic E-state index is 5.56. The fourth-order valence-electron chi connectivity index (χ4n) is 0.506. The second-order valence-electron chi connectivity index (χ2n) is 2.33. The quantitative estimate of drug-likeness (QED) is 0.213. The van der Waals surface area contributed by atoms with Crippen LogP contribution in [0.5, 0.6) is 0 Å². The van der Waals surface area contributed by atoms with Gasteiger partial charge >= 0.3 is 0 Å². The first-order valence-corrected chi connectivity index (χ1v) is 4.85. The maximum atomic E-state index is 5.56. The van der Waals surface area contributed by atoms with E-state index < -0.39 is 16.0 Å². The highest BCUT2D eigenvalue weighted by atomic mass is 33.1. The summed E-state index contributed by atoms with van der Waals surface area (Å²) >= 11 is 0. The predicted molar refractivity (Wildman–Crippen MR) is 45.4 cm³/mol. The molecule has 1 rings (SSSR count). The lowest BCUT2D eigenvalue weighted by Crippen LogP contribution is -2.76. The first-order chi connectivity index (χ1) is 4.38. The molecule has 0 aromatic carbocycles. The van der Waals surface area contributed by atoms with Crippen molar-refractivity contribution in [3.05, 3.63) is 0 Å². The molecule has 0 saturated carbocycles. The average molecular weight is 181 g/mol. The van der Waals surface area contributed by atoms with Crippen molar-refractivity contribution in [2.45, 2.75) is 16.0 Å². The van der Waals surface area contributed by atoms with E-state index in [4.69, 9.17) is 28.7 Å². The third-order valence-corrected chi connectivity index (χ3v) is 4.50. The fourth-order valence-corrected chi connectivity index (χ4v) is 3.17. The van der Waals surface area contributed by atoms with Crippen LogP contribution in [-0.2, 0) is 0 Å². The molecule has 60 valence electrons. The molecule has 7 heteroatoms. The minimum atomic E-state index is -1.19. The van der Waals surface area contributed by atoms with E-state index in [-0.39, 0.29) is 0 Å². The highest BCUT2D eigenvalue weighted by Crippen LogP contribution is 2.45. The first-order valence-electron chi connectivity index (χ1n) is 2.63. The van der Waals surface area contributed by atoms with E-state index in [0.29, 0.717) is 0 Å². The van der Waals surface area contributed by atoms with Gasteiger partial charge in [0.05, 0.1) is 5.37 Å². The first kappa shape index (κ1) is 8.60. The Hall–Kier alpha value is 0.500. The molecule has 1 saturated heterocycles. The molecule has 0 aliphatic carbocycles. The monoisotopic (exact) mass is 181 g/mol. The third-order valence-electron chi connectivity index (χ3n) is 1.44. The lowest BCUT2D eigenvalue weighted by molar-refractivity contribution is 0.329. The third kappa shape index (κ3) is 1.03. The van der Waals surface area contributed by atoms with Crippen molar-refractivity contribution in [2.24, 2.45) is 28.7 Å². The van der Waals surface area contributed by atoms with Gasteiger partial charge in [-0.25, -0.2) is 0 Å². The summed E-state index contributed by atoms with van der Waals surface area (Å²) in [5, 5.41) is -0.410. The van der Waals surface area contributed by atoms with Gasteiger partial charge in [0.15, 0.2) is 4.99 Å². The molecule has 1 aliphatic heterocycles. The Balaban J connectivity index is 2.84. The molecule has 0 radical (unpaired) electrons. The van der Waals surface area contributed by atoms with Crippen LogP contribution in [0.4, 0.5) is 0 Å². The van der Waals surface area contributed by atoms with Crippen LogP contribution in [0.3, 0.4) is 0 Å². The van der Waals surface area contributed by atoms with E-state index in [2.05, 4.69) is 0 Å². The van der Waals surface area contributed by atoms with E-state index in [1.807, 2.05) is 0 Å². The molecule has 1 unspecified atom stereocenters. The zero-order chi connectivity index (χ0) is 7.99. The van der Waals surface area contributed by atoms with Crippen molar-refractivity contribution < 1.29 is 0 Å². The molecule has 0 aromatic heterocycles. The van der Waals surface area contributed by atoms with Crippen LogP contribution in [0.25, 0.3) is 0 Å². The number of rotatable bonds is 0. The van der Waals surface area contributed by atoms with E-state index in [1.54, 1.807) is 0 Å². The van der Waals surface area contributed by atoms with Crippen LogP contribution in [0.2, 0.25) is 0 Å². The molecule has 10 heavy (non-hydrogen) atoms. The van der Waals surface area contributed by atoms with E-state index in [9.17, 15) is 0 Å². The summed E-state index contributed by atoms with van der Waals surface area (Å²) in [5.41, 5.74) is 26.5. The van der Waals surface area contributed by atoms with Gasteiger partial charge in [-0.15, -0.1) is 0 Å². The van der Waals surface area contributed by atoms with Crippen LogP contribution >= 0.6 is 21.6 Å². The summed E-state index contributed by atoms with van der Waals surface area (Å²) < 4.78 is 0. The molecule has 0 bridgehead atoms. The molecule has 10 N–H and O–H groups in total. The SMILES string of the molecule is NC1SSC(N)(N)C1(N)N. The average Bonchev–Trinajstić information content (AvgIpc) is 1.94.